The summed E-state index contributed by atoms with van der Waals surface area (Å²) >= 11 is 7.05. The second kappa shape index (κ2) is 6.53. The van der Waals surface area contributed by atoms with Crippen molar-refractivity contribution in [2.45, 2.75) is 32.1 Å². The highest BCUT2D eigenvalue weighted by Crippen LogP contribution is 2.49. The molecular weight excluding hydrogens is 348 g/mol. The Hall–Kier alpha value is -1.92. The summed E-state index contributed by atoms with van der Waals surface area (Å²) in [6.45, 7) is 3.78. The zero-order valence-corrected chi connectivity index (χ0v) is 15.0. The van der Waals surface area contributed by atoms with Gasteiger partial charge in [0.15, 0.2) is 5.13 Å². The Balaban J connectivity index is 1.77. The molecule has 0 unspecified atom stereocenters. The van der Waals surface area contributed by atoms with Gasteiger partial charge in [0.1, 0.15) is 4.88 Å². The highest BCUT2D eigenvalue weighted by molar-refractivity contribution is 7.17. The summed E-state index contributed by atoms with van der Waals surface area (Å²) in [6.07, 6.45) is 1.57. The van der Waals surface area contributed by atoms with Crippen molar-refractivity contribution < 1.29 is 14.3 Å². The van der Waals surface area contributed by atoms with E-state index in [9.17, 15) is 9.59 Å². The number of esters is 1. The van der Waals surface area contributed by atoms with E-state index in [1.165, 1.54) is 0 Å². The lowest BCUT2D eigenvalue weighted by Crippen LogP contribution is -2.27. The Morgan fingerprint density at radius 1 is 1.33 bits per heavy atom. The summed E-state index contributed by atoms with van der Waals surface area (Å²) in [7, 11) is 0. The molecule has 1 aromatic heterocycles. The smallest absolute Gasteiger partial charge is 0.350 e. The van der Waals surface area contributed by atoms with Crippen LogP contribution in [-0.2, 0) is 14.9 Å². The molecule has 3 rings (SSSR count). The Kier molecular flexibility index (Phi) is 4.60. The molecule has 1 N–H and O–H groups in total. The first kappa shape index (κ1) is 16.9. The van der Waals surface area contributed by atoms with Crippen LogP contribution in [0.25, 0.3) is 0 Å². The maximum Gasteiger partial charge on any atom is 0.350 e. The fourth-order valence-electron chi connectivity index (χ4n) is 2.59. The molecule has 1 aliphatic carbocycles. The lowest BCUT2D eigenvalue weighted by atomic mass is 9.95. The molecule has 1 amide bonds. The number of nitrogens with zero attached hydrogens (tertiary/aromatic N) is 1. The van der Waals surface area contributed by atoms with E-state index in [1.54, 1.807) is 26.0 Å². The third kappa shape index (κ3) is 3.16. The number of carbonyl (C=O) groups excluding carboxylic acids is 2. The molecule has 0 spiro atoms. The van der Waals surface area contributed by atoms with E-state index in [0.717, 1.165) is 29.7 Å². The Morgan fingerprint density at radius 3 is 2.58 bits per heavy atom. The van der Waals surface area contributed by atoms with Crippen LogP contribution < -0.4 is 5.32 Å². The Bertz CT molecular complexity index is 782. The number of hydrogen-bond acceptors (Lipinski definition) is 5. The van der Waals surface area contributed by atoms with E-state index in [1.807, 2.05) is 12.1 Å². The van der Waals surface area contributed by atoms with E-state index in [2.05, 4.69) is 10.3 Å². The highest BCUT2D eigenvalue weighted by Gasteiger charge is 2.51. The lowest BCUT2D eigenvalue weighted by molar-refractivity contribution is -0.118. The minimum atomic E-state index is -0.520. The maximum absolute atomic E-state index is 12.7. The van der Waals surface area contributed by atoms with Crippen molar-refractivity contribution in [2.24, 2.45) is 0 Å². The van der Waals surface area contributed by atoms with Crippen molar-refractivity contribution >= 4 is 39.9 Å². The van der Waals surface area contributed by atoms with Gasteiger partial charge >= 0.3 is 5.97 Å². The molecule has 1 aromatic carbocycles. The third-order valence-electron chi connectivity index (χ3n) is 4.06. The van der Waals surface area contributed by atoms with Gasteiger partial charge in [0.2, 0.25) is 5.91 Å². The summed E-state index contributed by atoms with van der Waals surface area (Å²) in [5, 5.41) is 3.90. The third-order valence-corrected chi connectivity index (χ3v) is 5.36. The van der Waals surface area contributed by atoms with Crippen molar-refractivity contribution in [3.05, 3.63) is 45.4 Å². The van der Waals surface area contributed by atoms with Crippen molar-refractivity contribution in [2.75, 3.05) is 11.9 Å². The van der Waals surface area contributed by atoms with Gasteiger partial charge in [-0.1, -0.05) is 35.1 Å². The number of rotatable bonds is 5. The van der Waals surface area contributed by atoms with Crippen molar-refractivity contribution in [1.82, 2.24) is 4.98 Å². The maximum atomic E-state index is 12.7. The van der Waals surface area contributed by atoms with Crippen LogP contribution in [-0.4, -0.2) is 23.5 Å². The minimum Gasteiger partial charge on any atom is -0.462 e. The minimum absolute atomic E-state index is 0.103. The number of thiazole rings is 1. The molecule has 0 aliphatic heterocycles. The van der Waals surface area contributed by atoms with Crippen LogP contribution in [0.5, 0.6) is 0 Å². The molecule has 2 aromatic rings. The molecule has 126 valence electrons. The molecule has 5 nitrogen and oxygen atoms in total. The number of ether oxygens (including phenoxy) is 1. The molecule has 0 saturated heterocycles. The van der Waals surface area contributed by atoms with Gasteiger partial charge in [0.25, 0.3) is 0 Å². The molecule has 1 aliphatic rings. The molecule has 24 heavy (non-hydrogen) atoms. The van der Waals surface area contributed by atoms with Crippen molar-refractivity contribution in [3.8, 4) is 0 Å². The van der Waals surface area contributed by atoms with Crippen LogP contribution in [0.2, 0.25) is 5.02 Å². The normalized spacial score (nSPS) is 15.0. The first-order valence-corrected chi connectivity index (χ1v) is 8.88. The van der Waals surface area contributed by atoms with Crippen LogP contribution in [0.4, 0.5) is 5.13 Å². The van der Waals surface area contributed by atoms with Gasteiger partial charge in [-0.15, -0.1) is 0 Å². The predicted octanol–water partition coefficient (Wildman–Crippen LogP) is 3.95. The second-order valence-electron chi connectivity index (χ2n) is 5.70. The van der Waals surface area contributed by atoms with E-state index in [-0.39, 0.29) is 5.91 Å². The standard InChI is InChI=1S/C17H17ClN2O3S/c1-3-23-14(21)13-10(2)19-16(24-13)20-15(22)17(8-9-17)11-4-6-12(18)7-5-11/h4-7H,3,8-9H2,1-2H3,(H,19,20,22). The number of hydrogen-bond donors (Lipinski definition) is 1. The van der Waals surface area contributed by atoms with Gasteiger partial charge < -0.3 is 10.1 Å². The largest absolute Gasteiger partial charge is 0.462 e. The number of amides is 1. The fourth-order valence-corrected chi connectivity index (χ4v) is 3.57. The lowest BCUT2D eigenvalue weighted by Gasteiger charge is -2.14. The average molecular weight is 365 g/mol. The molecule has 0 radical (unpaired) electrons. The SMILES string of the molecule is CCOC(=O)c1sc(NC(=O)C2(c3ccc(Cl)cc3)CC2)nc1C. The number of carbonyl (C=O) groups is 2. The van der Waals surface area contributed by atoms with Gasteiger partial charge in [-0.25, -0.2) is 9.78 Å². The topological polar surface area (TPSA) is 68.3 Å². The summed E-state index contributed by atoms with van der Waals surface area (Å²) in [6, 6.07) is 7.34. The van der Waals surface area contributed by atoms with Crippen molar-refractivity contribution in [1.29, 1.82) is 0 Å². The van der Waals surface area contributed by atoms with Crippen LogP contribution >= 0.6 is 22.9 Å². The van der Waals surface area contributed by atoms with Gasteiger partial charge in [0.05, 0.1) is 17.7 Å². The summed E-state index contributed by atoms with van der Waals surface area (Å²) in [4.78, 5) is 29.2. The van der Waals surface area contributed by atoms with E-state index in [4.69, 9.17) is 16.3 Å². The van der Waals surface area contributed by atoms with E-state index < -0.39 is 11.4 Å². The Labute approximate surface area is 149 Å². The quantitative estimate of drug-likeness (QED) is 0.815. The molecule has 1 fully saturated rings. The number of benzene rings is 1. The highest BCUT2D eigenvalue weighted by atomic mass is 35.5. The van der Waals surface area contributed by atoms with Crippen LogP contribution in [0.15, 0.2) is 24.3 Å². The Morgan fingerprint density at radius 2 is 2.00 bits per heavy atom. The molecule has 7 heteroatoms. The molecule has 1 heterocycles. The van der Waals surface area contributed by atoms with Gasteiger partial charge in [-0.05, 0) is 44.4 Å². The van der Waals surface area contributed by atoms with Gasteiger partial charge in [-0.3, -0.25) is 4.79 Å². The number of anilines is 1. The van der Waals surface area contributed by atoms with Crippen LogP contribution in [0, 0.1) is 6.92 Å². The van der Waals surface area contributed by atoms with Crippen LogP contribution in [0.1, 0.15) is 40.7 Å². The predicted molar refractivity (Wildman–Crippen MR) is 93.8 cm³/mol. The first-order valence-electron chi connectivity index (χ1n) is 7.68. The molecule has 0 bridgehead atoms. The van der Waals surface area contributed by atoms with E-state index >= 15 is 0 Å². The second-order valence-corrected chi connectivity index (χ2v) is 7.13. The summed E-state index contributed by atoms with van der Waals surface area (Å²) in [5.74, 6) is -0.513. The zero-order chi connectivity index (χ0) is 17.3. The number of aromatic nitrogens is 1. The zero-order valence-electron chi connectivity index (χ0n) is 13.4. The van der Waals surface area contributed by atoms with Crippen LogP contribution in [0.3, 0.4) is 0 Å². The molecular formula is C17H17ClN2O3S. The number of halogens is 1. The average Bonchev–Trinajstić information content (AvgIpc) is 3.27. The number of aryl methyl sites for hydroxylation is 1. The monoisotopic (exact) mass is 364 g/mol. The number of nitrogens with one attached hydrogen (secondary N) is 1. The van der Waals surface area contributed by atoms with Gasteiger partial charge in [-0.2, -0.15) is 0 Å². The first-order chi connectivity index (χ1) is 11.5. The summed E-state index contributed by atoms with van der Waals surface area (Å²) < 4.78 is 4.99. The van der Waals surface area contributed by atoms with Gasteiger partial charge in [0, 0.05) is 5.02 Å². The van der Waals surface area contributed by atoms with E-state index in [0.29, 0.717) is 27.3 Å². The summed E-state index contributed by atoms with van der Waals surface area (Å²) in [5.41, 5.74) is 0.988. The molecule has 0 atom stereocenters. The molecule has 1 saturated carbocycles. The van der Waals surface area contributed by atoms with Crippen molar-refractivity contribution in [3.63, 3.8) is 0 Å². The fraction of sp³-hybridized carbons (Fsp3) is 0.353.